The standard InChI is InChI=1S/C24H35N3O4/c1-17-6-5-7-18(2)27(17)22(28)16-31-21-12-10-20(11-13-21)24(30)26-15-14-25-23(29)19-8-3-4-9-19/h10-13,17-19H,3-9,14-16H2,1-2H3,(H,25,29)(H,26,30). The molecule has 3 amide bonds. The van der Waals surface area contributed by atoms with Crippen LogP contribution in [0, 0.1) is 5.92 Å². The quantitative estimate of drug-likeness (QED) is 0.622. The van der Waals surface area contributed by atoms with Crippen LogP contribution in [0.5, 0.6) is 5.75 Å². The van der Waals surface area contributed by atoms with Gasteiger partial charge in [-0.2, -0.15) is 0 Å². The molecule has 1 saturated heterocycles. The monoisotopic (exact) mass is 429 g/mol. The summed E-state index contributed by atoms with van der Waals surface area (Å²) in [6, 6.07) is 7.25. The van der Waals surface area contributed by atoms with Crippen LogP contribution in [0.2, 0.25) is 0 Å². The van der Waals surface area contributed by atoms with Crippen LogP contribution in [0.1, 0.15) is 69.2 Å². The van der Waals surface area contributed by atoms with E-state index in [1.807, 2.05) is 4.90 Å². The number of ether oxygens (including phenoxy) is 1. The molecule has 1 aromatic carbocycles. The molecule has 0 radical (unpaired) electrons. The van der Waals surface area contributed by atoms with E-state index in [2.05, 4.69) is 24.5 Å². The van der Waals surface area contributed by atoms with Crippen LogP contribution in [0.3, 0.4) is 0 Å². The minimum absolute atomic E-state index is 0.000908. The van der Waals surface area contributed by atoms with Crippen LogP contribution in [-0.4, -0.2) is 54.4 Å². The van der Waals surface area contributed by atoms with Gasteiger partial charge in [0.25, 0.3) is 11.8 Å². The molecule has 7 heteroatoms. The van der Waals surface area contributed by atoms with E-state index in [-0.39, 0.29) is 42.3 Å². The van der Waals surface area contributed by atoms with E-state index >= 15 is 0 Å². The third-order valence-electron chi connectivity index (χ3n) is 6.40. The van der Waals surface area contributed by atoms with Crippen molar-refractivity contribution in [3.63, 3.8) is 0 Å². The largest absolute Gasteiger partial charge is 0.484 e. The predicted molar refractivity (Wildman–Crippen MR) is 119 cm³/mol. The molecule has 0 aromatic heterocycles. The summed E-state index contributed by atoms with van der Waals surface area (Å²) in [5, 5.41) is 5.70. The predicted octanol–water partition coefficient (Wildman–Crippen LogP) is 2.89. The van der Waals surface area contributed by atoms with E-state index in [1.165, 1.54) is 0 Å². The Labute approximate surface area is 184 Å². The molecule has 31 heavy (non-hydrogen) atoms. The molecule has 1 aromatic rings. The highest BCUT2D eigenvalue weighted by atomic mass is 16.5. The Morgan fingerprint density at radius 3 is 2.16 bits per heavy atom. The Morgan fingerprint density at radius 2 is 1.52 bits per heavy atom. The summed E-state index contributed by atoms with van der Waals surface area (Å²) in [5.74, 6) is 0.591. The van der Waals surface area contributed by atoms with Crippen LogP contribution in [0.25, 0.3) is 0 Å². The number of hydrogen-bond donors (Lipinski definition) is 2. The zero-order valence-corrected chi connectivity index (χ0v) is 18.7. The number of benzene rings is 1. The fraction of sp³-hybridized carbons (Fsp3) is 0.625. The molecule has 3 rings (SSSR count). The maximum Gasteiger partial charge on any atom is 0.260 e. The first-order chi connectivity index (χ1) is 15.0. The van der Waals surface area contributed by atoms with Crippen molar-refractivity contribution in [3.8, 4) is 5.75 Å². The van der Waals surface area contributed by atoms with Gasteiger partial charge < -0.3 is 20.3 Å². The van der Waals surface area contributed by atoms with Gasteiger partial charge in [0.1, 0.15) is 5.75 Å². The second-order valence-electron chi connectivity index (χ2n) is 8.77. The highest BCUT2D eigenvalue weighted by molar-refractivity contribution is 5.94. The third-order valence-corrected chi connectivity index (χ3v) is 6.40. The molecule has 0 spiro atoms. The Bertz CT molecular complexity index is 749. The molecule has 1 heterocycles. The van der Waals surface area contributed by atoms with Crippen molar-refractivity contribution in [1.82, 2.24) is 15.5 Å². The Balaban J connectivity index is 1.38. The van der Waals surface area contributed by atoms with Crippen LogP contribution < -0.4 is 15.4 Å². The SMILES string of the molecule is CC1CCCC(C)N1C(=O)COc1ccc(C(=O)NCCNC(=O)C2CCCC2)cc1. The Kier molecular flexibility index (Phi) is 8.32. The van der Waals surface area contributed by atoms with Crippen molar-refractivity contribution >= 4 is 17.7 Å². The van der Waals surface area contributed by atoms with E-state index in [9.17, 15) is 14.4 Å². The van der Waals surface area contributed by atoms with Gasteiger partial charge in [-0.1, -0.05) is 12.8 Å². The van der Waals surface area contributed by atoms with E-state index < -0.39 is 0 Å². The minimum atomic E-state index is -0.200. The normalized spacial score (nSPS) is 21.5. The van der Waals surface area contributed by atoms with Gasteiger partial charge >= 0.3 is 0 Å². The molecule has 170 valence electrons. The summed E-state index contributed by atoms with van der Waals surface area (Å²) in [7, 11) is 0. The summed E-state index contributed by atoms with van der Waals surface area (Å²) in [6.45, 7) is 4.98. The summed E-state index contributed by atoms with van der Waals surface area (Å²) in [4.78, 5) is 38.7. The van der Waals surface area contributed by atoms with Crippen LogP contribution >= 0.6 is 0 Å². The Hall–Kier alpha value is -2.57. The number of amides is 3. The van der Waals surface area contributed by atoms with Gasteiger partial charge in [0.2, 0.25) is 5.91 Å². The van der Waals surface area contributed by atoms with Gasteiger partial charge in [-0.25, -0.2) is 0 Å². The van der Waals surface area contributed by atoms with Gasteiger partial charge in [0.15, 0.2) is 6.61 Å². The molecule has 2 atom stereocenters. The number of nitrogens with one attached hydrogen (secondary N) is 2. The minimum Gasteiger partial charge on any atom is -0.484 e. The highest BCUT2D eigenvalue weighted by Gasteiger charge is 2.29. The van der Waals surface area contributed by atoms with Gasteiger partial charge in [-0.05, 0) is 70.2 Å². The molecule has 1 aliphatic heterocycles. The first kappa shape index (κ1) is 23.1. The molecular weight excluding hydrogens is 394 g/mol. The van der Waals surface area contributed by atoms with Crippen LogP contribution in [0.4, 0.5) is 0 Å². The smallest absolute Gasteiger partial charge is 0.260 e. The number of rotatable bonds is 8. The molecule has 2 N–H and O–H groups in total. The molecule has 2 aliphatic rings. The lowest BCUT2D eigenvalue weighted by Gasteiger charge is -2.38. The summed E-state index contributed by atoms with van der Waals surface area (Å²) < 4.78 is 5.66. The molecule has 2 unspecified atom stereocenters. The zero-order chi connectivity index (χ0) is 22.2. The van der Waals surface area contributed by atoms with Crippen molar-refractivity contribution in [2.75, 3.05) is 19.7 Å². The number of piperidine rings is 1. The van der Waals surface area contributed by atoms with E-state index in [0.717, 1.165) is 44.9 Å². The molecule has 0 bridgehead atoms. The van der Waals surface area contributed by atoms with E-state index in [4.69, 9.17) is 4.74 Å². The average Bonchev–Trinajstić information content (AvgIpc) is 3.30. The number of likely N-dealkylation sites (tertiary alicyclic amines) is 1. The van der Waals surface area contributed by atoms with Crippen molar-refractivity contribution in [3.05, 3.63) is 29.8 Å². The summed E-state index contributed by atoms with van der Waals surface area (Å²) >= 11 is 0. The molecule has 1 saturated carbocycles. The second-order valence-corrected chi connectivity index (χ2v) is 8.77. The highest BCUT2D eigenvalue weighted by Crippen LogP contribution is 2.24. The maximum atomic E-state index is 12.6. The lowest BCUT2D eigenvalue weighted by molar-refractivity contribution is -0.139. The average molecular weight is 430 g/mol. The number of carbonyl (C=O) groups excluding carboxylic acids is 3. The molecular formula is C24H35N3O4. The summed E-state index contributed by atoms with van der Waals surface area (Å²) in [6.07, 6.45) is 7.40. The number of hydrogen-bond acceptors (Lipinski definition) is 4. The molecule has 1 aliphatic carbocycles. The topological polar surface area (TPSA) is 87.7 Å². The van der Waals surface area contributed by atoms with Crippen molar-refractivity contribution in [2.45, 2.75) is 70.9 Å². The van der Waals surface area contributed by atoms with Crippen molar-refractivity contribution in [2.24, 2.45) is 5.92 Å². The maximum absolute atomic E-state index is 12.6. The third kappa shape index (κ3) is 6.45. The van der Waals surface area contributed by atoms with Gasteiger partial charge in [0.05, 0.1) is 0 Å². The van der Waals surface area contributed by atoms with Gasteiger partial charge in [-0.3, -0.25) is 14.4 Å². The van der Waals surface area contributed by atoms with Gasteiger partial charge in [0, 0.05) is 36.7 Å². The first-order valence-electron chi connectivity index (χ1n) is 11.6. The van der Waals surface area contributed by atoms with Crippen LogP contribution in [-0.2, 0) is 9.59 Å². The zero-order valence-electron chi connectivity index (χ0n) is 18.7. The second kappa shape index (κ2) is 11.2. The lowest BCUT2D eigenvalue weighted by atomic mass is 9.97. The van der Waals surface area contributed by atoms with E-state index in [0.29, 0.717) is 24.4 Å². The first-order valence-corrected chi connectivity index (χ1v) is 11.6. The van der Waals surface area contributed by atoms with E-state index in [1.54, 1.807) is 24.3 Å². The Morgan fingerprint density at radius 1 is 0.903 bits per heavy atom. The number of carbonyl (C=O) groups is 3. The molecule has 2 fully saturated rings. The molecule has 7 nitrogen and oxygen atoms in total. The van der Waals surface area contributed by atoms with Crippen molar-refractivity contribution in [1.29, 1.82) is 0 Å². The number of nitrogens with zero attached hydrogens (tertiary/aromatic N) is 1. The van der Waals surface area contributed by atoms with Gasteiger partial charge in [-0.15, -0.1) is 0 Å². The van der Waals surface area contributed by atoms with Crippen molar-refractivity contribution < 1.29 is 19.1 Å². The summed E-state index contributed by atoms with van der Waals surface area (Å²) in [5.41, 5.74) is 0.513. The van der Waals surface area contributed by atoms with Crippen LogP contribution in [0.15, 0.2) is 24.3 Å². The lowest BCUT2D eigenvalue weighted by Crippen LogP contribution is -2.49. The fourth-order valence-electron chi connectivity index (χ4n) is 4.63. The fourth-order valence-corrected chi connectivity index (χ4v) is 4.63.